The Labute approximate surface area is 59.9 Å². The van der Waals surface area contributed by atoms with Crippen LogP contribution in [0.25, 0.3) is 10.4 Å². The highest BCUT2D eigenvalue weighted by Gasteiger charge is 2.17. The van der Waals surface area contributed by atoms with Gasteiger partial charge in [0.2, 0.25) is 0 Å². The van der Waals surface area contributed by atoms with Crippen LogP contribution in [0.4, 0.5) is 0 Å². The summed E-state index contributed by atoms with van der Waals surface area (Å²) in [6.45, 7) is 4.94. The number of azide groups is 1. The number of carbonyl (C=O) groups excluding carboxylic acids is 1. The predicted molar refractivity (Wildman–Crippen MR) is 38.5 cm³/mol. The molecule has 0 unspecified atom stereocenters. The molecule has 0 rings (SSSR count). The van der Waals surface area contributed by atoms with Crippen LogP contribution in [0.2, 0.25) is 0 Å². The molecule has 4 nitrogen and oxygen atoms in total. The van der Waals surface area contributed by atoms with Gasteiger partial charge in [-0.05, 0) is 12.5 Å². The van der Waals surface area contributed by atoms with E-state index >= 15 is 0 Å². The molecule has 0 saturated heterocycles. The minimum atomic E-state index is -0.569. The molecule has 0 aliphatic heterocycles. The third-order valence-corrected chi connectivity index (χ3v) is 0.997. The second-order valence-corrected chi connectivity index (χ2v) is 2.88. The molecule has 0 aromatic rings. The first kappa shape index (κ1) is 8.98. The zero-order valence-corrected chi connectivity index (χ0v) is 6.46. The predicted octanol–water partition coefficient (Wildman–Crippen LogP) is 2.05. The van der Waals surface area contributed by atoms with Gasteiger partial charge in [-0.1, -0.05) is 19.0 Å². The summed E-state index contributed by atoms with van der Waals surface area (Å²) in [6, 6.07) is 0. The fourth-order valence-electron chi connectivity index (χ4n) is 0.766. The second kappa shape index (κ2) is 3.22. The van der Waals surface area contributed by atoms with E-state index in [9.17, 15) is 4.79 Å². The van der Waals surface area contributed by atoms with E-state index in [2.05, 4.69) is 10.0 Å². The molecule has 56 valence electrons. The number of rotatable bonds is 3. The minimum absolute atomic E-state index is 0.0393. The Bertz CT molecular complexity index is 179. The van der Waals surface area contributed by atoms with Crippen LogP contribution in [0.5, 0.6) is 0 Å². The van der Waals surface area contributed by atoms with Crippen molar-refractivity contribution in [2.45, 2.75) is 32.7 Å². The first-order valence-electron chi connectivity index (χ1n) is 3.03. The highest BCUT2D eigenvalue weighted by molar-refractivity contribution is 5.76. The van der Waals surface area contributed by atoms with E-state index < -0.39 is 5.54 Å². The Morgan fingerprint density at radius 2 is 2.20 bits per heavy atom. The van der Waals surface area contributed by atoms with Crippen LogP contribution in [0.3, 0.4) is 0 Å². The molecule has 0 spiro atoms. The van der Waals surface area contributed by atoms with E-state index in [4.69, 9.17) is 5.53 Å². The van der Waals surface area contributed by atoms with Gasteiger partial charge >= 0.3 is 0 Å². The summed E-state index contributed by atoms with van der Waals surface area (Å²) < 4.78 is 0. The van der Waals surface area contributed by atoms with Crippen molar-refractivity contribution in [3.05, 3.63) is 10.4 Å². The van der Waals surface area contributed by atoms with Gasteiger partial charge in [0.25, 0.3) is 0 Å². The monoisotopic (exact) mass is 141 g/mol. The zero-order valence-electron chi connectivity index (χ0n) is 6.46. The van der Waals surface area contributed by atoms with E-state index in [1.54, 1.807) is 13.8 Å². The fourth-order valence-corrected chi connectivity index (χ4v) is 0.766. The van der Waals surface area contributed by atoms with Gasteiger partial charge < -0.3 is 4.79 Å². The van der Waals surface area contributed by atoms with E-state index in [-0.39, 0.29) is 5.78 Å². The molecule has 0 saturated carbocycles. The number of nitrogens with zero attached hydrogens (tertiary/aromatic N) is 3. The highest BCUT2D eigenvalue weighted by atomic mass is 16.1. The maximum atomic E-state index is 10.6. The van der Waals surface area contributed by atoms with Crippen LogP contribution in [0.15, 0.2) is 5.11 Å². The van der Waals surface area contributed by atoms with Crippen LogP contribution < -0.4 is 0 Å². The van der Waals surface area contributed by atoms with Gasteiger partial charge in [0.15, 0.2) is 0 Å². The maximum Gasteiger partial charge on any atom is 0.130 e. The van der Waals surface area contributed by atoms with Gasteiger partial charge in [-0.2, -0.15) is 0 Å². The molecular weight excluding hydrogens is 130 g/mol. The summed E-state index contributed by atoms with van der Waals surface area (Å²) in [5.41, 5.74) is 7.49. The molecule has 0 radical (unpaired) electrons. The van der Waals surface area contributed by atoms with Crippen LogP contribution in [-0.2, 0) is 4.79 Å². The first-order chi connectivity index (χ1) is 4.48. The summed E-state index contributed by atoms with van der Waals surface area (Å²) in [5.74, 6) is 0.0393. The number of carbonyl (C=O) groups is 1. The Morgan fingerprint density at radius 3 is 2.50 bits per heavy atom. The molecule has 0 aliphatic rings. The smallest absolute Gasteiger partial charge is 0.130 e. The van der Waals surface area contributed by atoms with Crippen molar-refractivity contribution in [2.75, 3.05) is 0 Å². The Morgan fingerprint density at radius 1 is 1.70 bits per heavy atom. The fraction of sp³-hybridized carbons (Fsp3) is 0.833. The van der Waals surface area contributed by atoms with Crippen LogP contribution in [0.1, 0.15) is 27.2 Å². The summed E-state index contributed by atoms with van der Waals surface area (Å²) in [6.07, 6.45) is 0.303. The molecule has 10 heavy (non-hydrogen) atoms. The normalized spacial score (nSPS) is 10.3. The molecule has 0 fully saturated rings. The van der Waals surface area contributed by atoms with Crippen molar-refractivity contribution in [3.63, 3.8) is 0 Å². The number of hydrogen-bond acceptors (Lipinski definition) is 2. The zero-order chi connectivity index (χ0) is 8.20. The lowest BCUT2D eigenvalue weighted by molar-refractivity contribution is -0.117. The molecule has 4 heteroatoms. The SMILES string of the molecule is CC(=O)CC(C)(C)N=[N+]=[N-]. The third-order valence-electron chi connectivity index (χ3n) is 0.997. The molecular formula is C6H11N3O. The maximum absolute atomic E-state index is 10.6. The summed E-state index contributed by atoms with van der Waals surface area (Å²) in [7, 11) is 0. The lowest BCUT2D eigenvalue weighted by Gasteiger charge is -2.14. The summed E-state index contributed by atoms with van der Waals surface area (Å²) >= 11 is 0. The first-order valence-corrected chi connectivity index (χ1v) is 3.03. The summed E-state index contributed by atoms with van der Waals surface area (Å²) in [5, 5.41) is 3.46. The average molecular weight is 141 g/mol. The molecule has 0 amide bonds. The number of ketones is 1. The quantitative estimate of drug-likeness (QED) is 0.337. The van der Waals surface area contributed by atoms with Crippen LogP contribution in [-0.4, -0.2) is 11.3 Å². The van der Waals surface area contributed by atoms with Crippen molar-refractivity contribution in [3.8, 4) is 0 Å². The Hall–Kier alpha value is -1.02. The van der Waals surface area contributed by atoms with Crippen molar-refractivity contribution in [1.29, 1.82) is 0 Å². The molecule has 0 heterocycles. The lowest BCUT2D eigenvalue weighted by Crippen LogP contribution is -2.19. The molecule has 0 aromatic heterocycles. The Kier molecular flexibility index (Phi) is 2.90. The molecule has 0 aromatic carbocycles. The van der Waals surface area contributed by atoms with Crippen molar-refractivity contribution in [1.82, 2.24) is 0 Å². The van der Waals surface area contributed by atoms with Crippen molar-refractivity contribution < 1.29 is 4.79 Å². The Balaban J connectivity index is 4.12. The molecule has 0 bridgehead atoms. The van der Waals surface area contributed by atoms with Gasteiger partial charge in [0.05, 0.1) is 5.54 Å². The van der Waals surface area contributed by atoms with Gasteiger partial charge in [0, 0.05) is 11.3 Å². The lowest BCUT2D eigenvalue weighted by atomic mass is 10.00. The van der Waals surface area contributed by atoms with Crippen LogP contribution >= 0.6 is 0 Å². The topological polar surface area (TPSA) is 65.8 Å². The van der Waals surface area contributed by atoms with Crippen molar-refractivity contribution >= 4 is 5.78 Å². The van der Waals surface area contributed by atoms with Crippen LogP contribution in [0, 0.1) is 0 Å². The summed E-state index contributed by atoms with van der Waals surface area (Å²) in [4.78, 5) is 13.2. The van der Waals surface area contributed by atoms with Gasteiger partial charge in [-0.3, -0.25) is 0 Å². The van der Waals surface area contributed by atoms with E-state index in [0.717, 1.165) is 0 Å². The standard InChI is InChI=1S/C6H11N3O/c1-5(10)4-6(2,3)8-9-7/h4H2,1-3H3. The van der Waals surface area contributed by atoms with Gasteiger partial charge in [-0.25, -0.2) is 0 Å². The molecule has 0 N–H and O–H groups in total. The average Bonchev–Trinajstić information content (AvgIpc) is 1.59. The molecule has 0 atom stereocenters. The minimum Gasteiger partial charge on any atom is -0.300 e. The number of hydrogen-bond donors (Lipinski definition) is 0. The van der Waals surface area contributed by atoms with Crippen molar-refractivity contribution in [2.24, 2.45) is 5.11 Å². The third kappa shape index (κ3) is 3.92. The van der Waals surface area contributed by atoms with Gasteiger partial charge in [-0.15, -0.1) is 0 Å². The largest absolute Gasteiger partial charge is 0.300 e. The number of Topliss-reactive ketones (excluding diaryl/α,β-unsaturated/α-hetero) is 1. The molecule has 0 aliphatic carbocycles. The second-order valence-electron chi connectivity index (χ2n) is 2.88. The van der Waals surface area contributed by atoms with E-state index in [1.165, 1.54) is 6.92 Å². The highest BCUT2D eigenvalue weighted by Crippen LogP contribution is 2.14. The van der Waals surface area contributed by atoms with E-state index in [0.29, 0.717) is 6.42 Å². The van der Waals surface area contributed by atoms with E-state index in [1.807, 2.05) is 0 Å². The van der Waals surface area contributed by atoms with Gasteiger partial charge in [0.1, 0.15) is 5.78 Å².